The number of aliphatic hydroxyl groups is 1. The van der Waals surface area contributed by atoms with E-state index in [0.717, 1.165) is 18.7 Å². The first-order valence-electron chi connectivity index (χ1n) is 6.25. The Hall–Kier alpha value is -1.17. The topological polar surface area (TPSA) is 66.6 Å². The van der Waals surface area contributed by atoms with Crippen molar-refractivity contribution in [2.75, 3.05) is 13.1 Å². The standard InChI is InChI=1S/C13H17ClN2O3/c1-13(17)4-6-15(7-5-13)9-10-8-11(16(18)19)2-3-12(10)14/h2-3,8,17H,4-7,9H2,1H3. The predicted molar refractivity (Wildman–Crippen MR) is 73.2 cm³/mol. The summed E-state index contributed by atoms with van der Waals surface area (Å²) in [5.41, 5.74) is 0.226. The van der Waals surface area contributed by atoms with E-state index in [2.05, 4.69) is 4.90 Å². The van der Waals surface area contributed by atoms with Crippen molar-refractivity contribution in [3.05, 3.63) is 38.9 Å². The summed E-state index contributed by atoms with van der Waals surface area (Å²) in [5.74, 6) is 0. The van der Waals surface area contributed by atoms with Crippen LogP contribution in [-0.2, 0) is 6.54 Å². The number of hydrogen-bond donors (Lipinski definition) is 1. The molecule has 6 heteroatoms. The molecule has 0 bridgehead atoms. The monoisotopic (exact) mass is 284 g/mol. The van der Waals surface area contributed by atoms with Crippen LogP contribution >= 0.6 is 11.6 Å². The second kappa shape index (κ2) is 5.45. The summed E-state index contributed by atoms with van der Waals surface area (Å²) in [6.07, 6.45) is 1.42. The third-order valence-electron chi connectivity index (χ3n) is 3.57. The maximum absolute atomic E-state index is 10.8. The van der Waals surface area contributed by atoms with Crippen LogP contribution in [-0.4, -0.2) is 33.6 Å². The van der Waals surface area contributed by atoms with Gasteiger partial charge in [-0.15, -0.1) is 0 Å². The van der Waals surface area contributed by atoms with Crippen LogP contribution in [0.5, 0.6) is 0 Å². The van der Waals surface area contributed by atoms with Crippen LogP contribution in [0.15, 0.2) is 18.2 Å². The highest BCUT2D eigenvalue weighted by Crippen LogP contribution is 2.26. The Morgan fingerprint density at radius 1 is 1.47 bits per heavy atom. The van der Waals surface area contributed by atoms with Crippen molar-refractivity contribution < 1.29 is 10.0 Å². The van der Waals surface area contributed by atoms with E-state index in [-0.39, 0.29) is 5.69 Å². The molecule has 19 heavy (non-hydrogen) atoms. The molecule has 1 aliphatic heterocycles. The molecule has 0 spiro atoms. The van der Waals surface area contributed by atoms with Crippen molar-refractivity contribution in [3.8, 4) is 0 Å². The first kappa shape index (κ1) is 14.2. The Balaban J connectivity index is 2.07. The van der Waals surface area contributed by atoms with Crippen molar-refractivity contribution in [1.82, 2.24) is 4.90 Å². The molecule has 0 aliphatic carbocycles. The van der Waals surface area contributed by atoms with Crippen LogP contribution in [0.2, 0.25) is 5.02 Å². The van der Waals surface area contributed by atoms with E-state index in [1.165, 1.54) is 12.1 Å². The lowest BCUT2D eigenvalue weighted by molar-refractivity contribution is -0.384. The maximum atomic E-state index is 10.8. The van der Waals surface area contributed by atoms with Crippen LogP contribution in [0.25, 0.3) is 0 Å². The second-order valence-corrected chi connectivity index (χ2v) is 5.71. The van der Waals surface area contributed by atoms with Gasteiger partial charge >= 0.3 is 0 Å². The summed E-state index contributed by atoms with van der Waals surface area (Å²) in [5, 5.41) is 21.2. The lowest BCUT2D eigenvalue weighted by Gasteiger charge is -2.35. The third kappa shape index (κ3) is 3.65. The minimum absolute atomic E-state index is 0.0587. The molecule has 1 aliphatic rings. The van der Waals surface area contributed by atoms with E-state index in [1.807, 2.05) is 6.92 Å². The molecule has 0 unspecified atom stereocenters. The number of likely N-dealkylation sites (tertiary alicyclic amines) is 1. The molecular weight excluding hydrogens is 268 g/mol. The first-order valence-corrected chi connectivity index (χ1v) is 6.63. The fraction of sp³-hybridized carbons (Fsp3) is 0.538. The fourth-order valence-electron chi connectivity index (χ4n) is 2.23. The number of non-ortho nitro benzene ring substituents is 1. The van der Waals surface area contributed by atoms with Gasteiger partial charge in [0, 0.05) is 36.8 Å². The van der Waals surface area contributed by atoms with Crippen LogP contribution in [0.4, 0.5) is 5.69 Å². The zero-order valence-electron chi connectivity index (χ0n) is 10.8. The molecule has 104 valence electrons. The Kier molecular flexibility index (Phi) is 4.08. The van der Waals surface area contributed by atoms with Crippen molar-refractivity contribution in [1.29, 1.82) is 0 Å². The van der Waals surface area contributed by atoms with Crippen molar-refractivity contribution in [2.45, 2.75) is 31.9 Å². The molecule has 1 aromatic rings. The SMILES string of the molecule is CC1(O)CCN(Cc2cc([N+](=O)[O-])ccc2Cl)CC1. The minimum Gasteiger partial charge on any atom is -0.390 e. The lowest BCUT2D eigenvalue weighted by atomic mass is 9.93. The molecule has 0 radical (unpaired) electrons. The fourth-order valence-corrected chi connectivity index (χ4v) is 2.41. The van der Waals surface area contributed by atoms with Gasteiger partial charge in [-0.1, -0.05) is 11.6 Å². The number of piperidine rings is 1. The first-order chi connectivity index (χ1) is 8.87. The van der Waals surface area contributed by atoms with Crippen LogP contribution in [0.1, 0.15) is 25.3 Å². The number of nitro benzene ring substituents is 1. The van der Waals surface area contributed by atoms with Crippen molar-refractivity contribution in [2.24, 2.45) is 0 Å². The molecule has 1 heterocycles. The van der Waals surface area contributed by atoms with Gasteiger partial charge in [-0.3, -0.25) is 15.0 Å². The highest BCUT2D eigenvalue weighted by molar-refractivity contribution is 6.31. The Labute approximate surface area is 116 Å². The predicted octanol–water partition coefficient (Wildman–Crippen LogP) is 2.60. The minimum atomic E-state index is -0.594. The average molecular weight is 285 g/mol. The largest absolute Gasteiger partial charge is 0.390 e. The Bertz CT molecular complexity index is 481. The zero-order valence-corrected chi connectivity index (χ0v) is 11.6. The summed E-state index contributed by atoms with van der Waals surface area (Å²) in [4.78, 5) is 12.5. The molecule has 0 aromatic heterocycles. The van der Waals surface area contributed by atoms with Gasteiger partial charge in [-0.2, -0.15) is 0 Å². The number of rotatable bonds is 3. The molecule has 0 amide bonds. The summed E-state index contributed by atoms with van der Waals surface area (Å²) in [7, 11) is 0. The molecule has 1 fully saturated rings. The van der Waals surface area contributed by atoms with Gasteiger partial charge in [0.25, 0.3) is 5.69 Å². The van der Waals surface area contributed by atoms with E-state index < -0.39 is 10.5 Å². The summed E-state index contributed by atoms with van der Waals surface area (Å²) in [6, 6.07) is 4.50. The number of benzene rings is 1. The van der Waals surface area contributed by atoms with Crippen molar-refractivity contribution in [3.63, 3.8) is 0 Å². The van der Waals surface area contributed by atoms with Gasteiger partial charge in [-0.05, 0) is 31.4 Å². The summed E-state index contributed by atoms with van der Waals surface area (Å²) < 4.78 is 0. The number of nitrogens with zero attached hydrogens (tertiary/aromatic N) is 2. The smallest absolute Gasteiger partial charge is 0.269 e. The van der Waals surface area contributed by atoms with Gasteiger partial charge < -0.3 is 5.11 Å². The molecule has 0 atom stereocenters. The lowest BCUT2D eigenvalue weighted by Crippen LogP contribution is -2.41. The third-order valence-corrected chi connectivity index (χ3v) is 3.94. The van der Waals surface area contributed by atoms with Gasteiger partial charge in [0.2, 0.25) is 0 Å². The van der Waals surface area contributed by atoms with Crippen LogP contribution < -0.4 is 0 Å². The summed E-state index contributed by atoms with van der Waals surface area (Å²) in [6.45, 7) is 3.96. The highest BCUT2D eigenvalue weighted by atomic mass is 35.5. The average Bonchev–Trinajstić information content (AvgIpc) is 2.34. The van der Waals surface area contributed by atoms with E-state index in [4.69, 9.17) is 11.6 Å². The van der Waals surface area contributed by atoms with E-state index in [1.54, 1.807) is 6.07 Å². The Morgan fingerprint density at radius 2 is 2.11 bits per heavy atom. The summed E-state index contributed by atoms with van der Waals surface area (Å²) >= 11 is 6.08. The molecule has 1 aromatic carbocycles. The molecule has 5 nitrogen and oxygen atoms in total. The highest BCUT2D eigenvalue weighted by Gasteiger charge is 2.27. The Morgan fingerprint density at radius 3 is 2.68 bits per heavy atom. The van der Waals surface area contributed by atoms with E-state index in [0.29, 0.717) is 24.4 Å². The number of hydrogen-bond acceptors (Lipinski definition) is 4. The number of halogens is 1. The second-order valence-electron chi connectivity index (χ2n) is 5.31. The molecule has 0 saturated carbocycles. The normalized spacial score (nSPS) is 19.3. The van der Waals surface area contributed by atoms with Gasteiger partial charge in [-0.25, -0.2) is 0 Å². The van der Waals surface area contributed by atoms with Gasteiger partial charge in [0.05, 0.1) is 10.5 Å². The van der Waals surface area contributed by atoms with Crippen molar-refractivity contribution >= 4 is 17.3 Å². The van der Waals surface area contributed by atoms with E-state index in [9.17, 15) is 15.2 Å². The number of nitro groups is 1. The van der Waals surface area contributed by atoms with Crippen LogP contribution in [0, 0.1) is 10.1 Å². The maximum Gasteiger partial charge on any atom is 0.269 e. The van der Waals surface area contributed by atoms with Gasteiger partial charge in [0.1, 0.15) is 0 Å². The van der Waals surface area contributed by atoms with E-state index >= 15 is 0 Å². The quantitative estimate of drug-likeness (QED) is 0.684. The zero-order chi connectivity index (χ0) is 14.0. The molecule has 1 saturated heterocycles. The molecule has 1 N–H and O–H groups in total. The molecular formula is C13H17ClN2O3. The molecule has 2 rings (SSSR count). The van der Waals surface area contributed by atoms with Gasteiger partial charge in [0.15, 0.2) is 0 Å². The van der Waals surface area contributed by atoms with Crippen LogP contribution in [0.3, 0.4) is 0 Å².